The van der Waals surface area contributed by atoms with E-state index in [4.69, 9.17) is 0 Å². The van der Waals surface area contributed by atoms with Gasteiger partial charge in [0.15, 0.2) is 0 Å². The topological polar surface area (TPSA) is 98.0 Å². The van der Waals surface area contributed by atoms with Gasteiger partial charge in [0.2, 0.25) is 0 Å². The Balaban J connectivity index is 0.000000135. The molecule has 41 heavy (non-hydrogen) atoms. The van der Waals surface area contributed by atoms with Crippen molar-refractivity contribution in [1.29, 1.82) is 0 Å². The predicted octanol–water partition coefficient (Wildman–Crippen LogP) is 6.44. The lowest BCUT2D eigenvalue weighted by Crippen LogP contribution is -2.38. The number of hydrogen-bond donors (Lipinski definition) is 4. The number of allylic oxidation sites excluding steroid dienone is 2. The quantitative estimate of drug-likeness (QED) is 0.241. The van der Waals surface area contributed by atoms with Crippen molar-refractivity contribution >= 4 is 16.6 Å². The standard InChI is InChI=1S/C18H20O3.C18H20O2/c1-18-7-6-13-12-5-3-11(19)8-10(12)2-4-14(13)15(18)9-16(20)17(18)21;1-18-9-8-14-13-5-3-12(19)10-11(13)2-4-15(14)16(18)6-7-17(18)20/h2-5,8,15-17,19-21H,6-7,9H2,1H3;3-5,10,14,16,19H,2,6-9H2,1H3/t15?,16-,17+,18+;14?,16?,18-/m10/s1. The average molecular weight is 553 g/mol. The first kappa shape index (κ1) is 26.7. The number of aliphatic hydroxyl groups is 2. The number of Topliss-reactive ketones (excluding diaryl/α,β-unsaturated/α-hetero) is 1. The summed E-state index contributed by atoms with van der Waals surface area (Å²) >= 11 is 0. The molecule has 5 heteroatoms. The van der Waals surface area contributed by atoms with Crippen molar-refractivity contribution in [3.05, 3.63) is 82.4 Å². The molecule has 0 aromatic heterocycles. The Labute approximate surface area is 241 Å². The fourth-order valence-corrected chi connectivity index (χ4v) is 9.22. The Morgan fingerprint density at radius 2 is 1.59 bits per heavy atom. The first-order valence-corrected chi connectivity index (χ1v) is 15.3. The molecule has 214 valence electrons. The van der Waals surface area contributed by atoms with E-state index < -0.39 is 12.2 Å². The van der Waals surface area contributed by atoms with Gasteiger partial charge in [-0.25, -0.2) is 0 Å². The molecule has 0 saturated heterocycles. The lowest BCUT2D eigenvalue weighted by molar-refractivity contribution is -0.126. The zero-order chi connectivity index (χ0) is 28.7. The first-order valence-electron chi connectivity index (χ1n) is 15.3. The Kier molecular flexibility index (Phi) is 6.15. The number of aryl methyl sites for hydroxylation is 1. The number of fused-ring (bicyclic) bond motifs is 10. The maximum Gasteiger partial charge on any atom is 0.139 e. The number of phenols is 2. The Bertz CT molecular complexity index is 1590. The molecule has 5 aliphatic carbocycles. The third-order valence-corrected chi connectivity index (χ3v) is 11.6. The molecule has 0 amide bonds. The highest BCUT2D eigenvalue weighted by atomic mass is 16.3. The van der Waals surface area contributed by atoms with Crippen LogP contribution in [0.3, 0.4) is 0 Å². The zero-order valence-electron chi connectivity index (χ0n) is 23.9. The van der Waals surface area contributed by atoms with Gasteiger partial charge in [-0.3, -0.25) is 4.79 Å². The molecule has 0 spiro atoms. The molecular formula is C36H40O5. The van der Waals surface area contributed by atoms with Crippen LogP contribution in [0.2, 0.25) is 0 Å². The molecule has 3 aromatic rings. The fourth-order valence-electron chi connectivity index (χ4n) is 9.22. The number of carbonyl (C=O) groups excluding carboxylic acids is 1. The van der Waals surface area contributed by atoms with Gasteiger partial charge in [0, 0.05) is 23.2 Å². The van der Waals surface area contributed by atoms with E-state index in [9.17, 15) is 25.2 Å². The Morgan fingerprint density at radius 3 is 2.41 bits per heavy atom. The number of aromatic hydroxyl groups is 2. The second-order valence-electron chi connectivity index (χ2n) is 13.7. The largest absolute Gasteiger partial charge is 0.508 e. The van der Waals surface area contributed by atoms with Crippen LogP contribution in [0.5, 0.6) is 11.5 Å². The molecule has 3 fully saturated rings. The molecule has 0 radical (unpaired) electrons. The SMILES string of the molecule is C[C@]12CCC3C(=CCc4cc(O)ccc43)C1CCC2=O.C[C@]12CCc3c(ccc4cc(O)ccc34)C1C[C@@H](O)[C@@H]2O. The molecule has 0 bridgehead atoms. The number of hydrogen-bond acceptors (Lipinski definition) is 5. The van der Waals surface area contributed by atoms with E-state index in [0.29, 0.717) is 29.8 Å². The van der Waals surface area contributed by atoms with Gasteiger partial charge in [0.25, 0.3) is 0 Å². The minimum atomic E-state index is -0.633. The van der Waals surface area contributed by atoms with Gasteiger partial charge in [-0.2, -0.15) is 0 Å². The van der Waals surface area contributed by atoms with Crippen molar-refractivity contribution in [2.24, 2.45) is 16.7 Å². The first-order chi connectivity index (χ1) is 19.6. The van der Waals surface area contributed by atoms with Gasteiger partial charge in [0.1, 0.15) is 17.3 Å². The molecule has 0 heterocycles. The van der Waals surface area contributed by atoms with E-state index in [0.717, 1.165) is 50.3 Å². The maximum atomic E-state index is 12.2. The van der Waals surface area contributed by atoms with Gasteiger partial charge in [-0.05, 0) is 114 Å². The number of phenolic OH excluding ortho intramolecular Hbond substituents is 2. The molecule has 4 N–H and O–H groups in total. The Morgan fingerprint density at radius 1 is 0.829 bits per heavy atom. The highest BCUT2D eigenvalue weighted by Crippen LogP contribution is 2.58. The van der Waals surface area contributed by atoms with Gasteiger partial charge < -0.3 is 20.4 Å². The summed E-state index contributed by atoms with van der Waals surface area (Å²) in [6, 6.07) is 15.4. The Hall–Kier alpha value is -3.15. The van der Waals surface area contributed by atoms with Crippen molar-refractivity contribution in [1.82, 2.24) is 0 Å². The van der Waals surface area contributed by atoms with Crippen LogP contribution in [0.1, 0.15) is 86.5 Å². The maximum absolute atomic E-state index is 12.2. The lowest BCUT2D eigenvalue weighted by atomic mass is 9.60. The van der Waals surface area contributed by atoms with Crippen LogP contribution in [0.4, 0.5) is 0 Å². The van der Waals surface area contributed by atoms with Gasteiger partial charge >= 0.3 is 0 Å². The van der Waals surface area contributed by atoms with E-state index >= 15 is 0 Å². The van der Waals surface area contributed by atoms with Gasteiger partial charge in [0.05, 0.1) is 12.2 Å². The third-order valence-electron chi connectivity index (χ3n) is 11.6. The number of ketones is 1. The van der Waals surface area contributed by atoms with Crippen molar-refractivity contribution in [3.8, 4) is 11.5 Å². The summed E-state index contributed by atoms with van der Waals surface area (Å²) in [7, 11) is 0. The van der Waals surface area contributed by atoms with Crippen molar-refractivity contribution in [3.63, 3.8) is 0 Å². The molecule has 5 nitrogen and oxygen atoms in total. The number of rotatable bonds is 0. The van der Waals surface area contributed by atoms with Crippen LogP contribution in [-0.4, -0.2) is 38.4 Å². The molecule has 7 atom stereocenters. The number of benzene rings is 3. The second-order valence-corrected chi connectivity index (χ2v) is 13.7. The summed E-state index contributed by atoms with van der Waals surface area (Å²) in [6.45, 7) is 4.28. The molecule has 5 aliphatic rings. The van der Waals surface area contributed by atoms with E-state index in [2.05, 4.69) is 32.1 Å². The summed E-state index contributed by atoms with van der Waals surface area (Å²) in [5.74, 6) is 2.26. The van der Waals surface area contributed by atoms with Crippen molar-refractivity contribution in [2.45, 2.75) is 89.3 Å². The van der Waals surface area contributed by atoms with E-state index in [1.165, 1.54) is 33.2 Å². The van der Waals surface area contributed by atoms with Crippen LogP contribution in [-0.2, 0) is 17.6 Å². The van der Waals surface area contributed by atoms with Crippen LogP contribution < -0.4 is 0 Å². The summed E-state index contributed by atoms with van der Waals surface area (Å²) in [6.07, 6.45) is 8.29. The van der Waals surface area contributed by atoms with Crippen molar-refractivity contribution < 1.29 is 25.2 Å². The average Bonchev–Trinajstić information content (AvgIpc) is 3.39. The van der Waals surface area contributed by atoms with Crippen LogP contribution in [0.25, 0.3) is 10.8 Å². The summed E-state index contributed by atoms with van der Waals surface area (Å²) in [4.78, 5) is 12.2. The van der Waals surface area contributed by atoms with Gasteiger partial charge in [-0.15, -0.1) is 0 Å². The van der Waals surface area contributed by atoms with Gasteiger partial charge in [-0.1, -0.05) is 49.8 Å². The molecule has 3 aromatic carbocycles. The molecule has 3 saturated carbocycles. The predicted molar refractivity (Wildman–Crippen MR) is 159 cm³/mol. The molecule has 8 rings (SSSR count). The lowest BCUT2D eigenvalue weighted by Gasteiger charge is -2.43. The van der Waals surface area contributed by atoms with E-state index in [-0.39, 0.29) is 22.5 Å². The monoisotopic (exact) mass is 552 g/mol. The minimum absolute atomic E-state index is 0.100. The number of carbonyl (C=O) groups is 1. The fraction of sp³-hybridized carbons (Fsp3) is 0.472. The number of aliphatic hydroxyl groups excluding tert-OH is 2. The smallest absolute Gasteiger partial charge is 0.139 e. The van der Waals surface area contributed by atoms with Crippen molar-refractivity contribution in [2.75, 3.05) is 0 Å². The second kappa shape index (κ2) is 9.43. The van der Waals surface area contributed by atoms with Crippen LogP contribution in [0.15, 0.2) is 60.2 Å². The normalized spacial score (nSPS) is 34.9. The summed E-state index contributed by atoms with van der Waals surface area (Å²) in [5, 5.41) is 41.9. The molecule has 0 aliphatic heterocycles. The van der Waals surface area contributed by atoms with E-state index in [1.807, 2.05) is 18.2 Å². The van der Waals surface area contributed by atoms with E-state index in [1.54, 1.807) is 18.2 Å². The minimum Gasteiger partial charge on any atom is -0.508 e. The summed E-state index contributed by atoms with van der Waals surface area (Å²) in [5.41, 5.74) is 6.39. The highest BCUT2D eigenvalue weighted by Gasteiger charge is 2.54. The zero-order valence-corrected chi connectivity index (χ0v) is 23.9. The van der Waals surface area contributed by atoms with Crippen LogP contribution in [0, 0.1) is 16.7 Å². The molecular weight excluding hydrogens is 512 g/mol. The summed E-state index contributed by atoms with van der Waals surface area (Å²) < 4.78 is 0. The van der Waals surface area contributed by atoms with Crippen LogP contribution >= 0.6 is 0 Å². The molecule has 3 unspecified atom stereocenters. The highest BCUT2D eigenvalue weighted by molar-refractivity contribution is 5.89. The third kappa shape index (κ3) is 3.99.